The van der Waals surface area contributed by atoms with Crippen molar-refractivity contribution < 1.29 is 38.8 Å². The van der Waals surface area contributed by atoms with Crippen LogP contribution in [0.15, 0.2) is 76.5 Å². The molecule has 0 aliphatic carbocycles. The van der Waals surface area contributed by atoms with E-state index in [-0.39, 0.29) is 10.6 Å². The molecule has 0 saturated carbocycles. The van der Waals surface area contributed by atoms with E-state index in [9.17, 15) is 38.8 Å². The van der Waals surface area contributed by atoms with Crippen LogP contribution in [0, 0.1) is 11.6 Å². The van der Waals surface area contributed by atoms with Gasteiger partial charge in [-0.2, -0.15) is 13.2 Å². The molecule has 6 nitrogen and oxygen atoms in total. The van der Waals surface area contributed by atoms with Crippen molar-refractivity contribution in [1.82, 2.24) is 0 Å². The summed E-state index contributed by atoms with van der Waals surface area (Å²) in [7, 11) is -8.58. The topological polar surface area (TPSA) is 92.3 Å². The lowest BCUT2D eigenvalue weighted by Crippen LogP contribution is -2.15. The Hall–Kier alpha value is -3.19. The summed E-state index contributed by atoms with van der Waals surface area (Å²) in [5, 5.41) is 0. The van der Waals surface area contributed by atoms with Gasteiger partial charge in [0.2, 0.25) is 0 Å². The van der Waals surface area contributed by atoms with Crippen LogP contribution in [0.1, 0.15) is 5.56 Å². The van der Waals surface area contributed by atoms with E-state index in [0.29, 0.717) is 18.2 Å². The number of nitrogens with one attached hydrogen (secondary N) is 2. The number of hydrogen-bond acceptors (Lipinski definition) is 4. The molecule has 0 aromatic heterocycles. The van der Waals surface area contributed by atoms with Gasteiger partial charge in [0.05, 0.1) is 21.0 Å². The van der Waals surface area contributed by atoms with Gasteiger partial charge in [0.25, 0.3) is 20.0 Å². The first-order chi connectivity index (χ1) is 14.8. The Morgan fingerprint density at radius 2 is 1.16 bits per heavy atom. The smallest absolute Gasteiger partial charge is 0.280 e. The van der Waals surface area contributed by atoms with Crippen molar-refractivity contribution in [1.29, 1.82) is 0 Å². The number of anilines is 2. The van der Waals surface area contributed by atoms with E-state index >= 15 is 0 Å². The largest absolute Gasteiger partial charge is 0.416 e. The molecular weight excluding hydrogens is 479 g/mol. The minimum absolute atomic E-state index is 0.0826. The molecule has 13 heteroatoms. The van der Waals surface area contributed by atoms with Crippen molar-refractivity contribution in [2.75, 3.05) is 9.44 Å². The van der Waals surface area contributed by atoms with Crippen LogP contribution < -0.4 is 9.44 Å². The Kier molecular flexibility index (Phi) is 6.15. The molecule has 0 amide bonds. The van der Waals surface area contributed by atoms with E-state index < -0.39 is 54.0 Å². The molecule has 0 spiro atoms. The summed E-state index contributed by atoms with van der Waals surface area (Å²) >= 11 is 0. The highest BCUT2D eigenvalue weighted by Crippen LogP contribution is 2.30. The summed E-state index contributed by atoms with van der Waals surface area (Å²) in [5.41, 5.74) is -1.72. The van der Waals surface area contributed by atoms with Crippen molar-refractivity contribution in [2.24, 2.45) is 0 Å². The second-order valence-corrected chi connectivity index (χ2v) is 9.75. The molecule has 3 aromatic carbocycles. The van der Waals surface area contributed by atoms with E-state index in [4.69, 9.17) is 0 Å². The van der Waals surface area contributed by atoms with Gasteiger partial charge in [0.1, 0.15) is 11.6 Å². The summed E-state index contributed by atoms with van der Waals surface area (Å²) < 4.78 is 118. The number of alkyl halides is 3. The second kappa shape index (κ2) is 8.39. The molecule has 3 aromatic rings. The Morgan fingerprint density at radius 1 is 0.656 bits per heavy atom. The van der Waals surface area contributed by atoms with E-state index in [1.165, 1.54) is 0 Å². The van der Waals surface area contributed by atoms with Gasteiger partial charge in [-0.05, 0) is 60.7 Å². The van der Waals surface area contributed by atoms with E-state index in [1.807, 2.05) is 4.72 Å². The SMILES string of the molecule is O=S(=O)(Nc1ccc(S(=O)(=O)Nc2cc(F)ccc2F)cc1)c1ccc(C(F)(F)F)cc1. The zero-order chi connectivity index (χ0) is 23.7. The lowest BCUT2D eigenvalue weighted by Gasteiger charge is -2.12. The third-order valence-electron chi connectivity index (χ3n) is 4.08. The maximum atomic E-state index is 13.7. The molecule has 0 radical (unpaired) electrons. The van der Waals surface area contributed by atoms with Crippen LogP contribution in [0.25, 0.3) is 0 Å². The van der Waals surface area contributed by atoms with Gasteiger partial charge in [-0.25, -0.2) is 25.6 Å². The molecule has 0 aliphatic rings. The van der Waals surface area contributed by atoms with Crippen LogP contribution in [0.3, 0.4) is 0 Å². The Bertz CT molecular complexity index is 1340. The molecule has 0 saturated heterocycles. The minimum Gasteiger partial charge on any atom is -0.280 e. The molecule has 0 heterocycles. The standard InChI is InChI=1S/C19H13F5N2O4S2/c20-13-3-10-17(21)18(11-13)26-32(29,30)16-8-4-14(5-9-16)25-31(27,28)15-6-1-12(2-7-15)19(22,23)24/h1-11,25-26H. The highest BCUT2D eigenvalue weighted by molar-refractivity contribution is 7.93. The van der Waals surface area contributed by atoms with E-state index in [1.54, 1.807) is 0 Å². The molecule has 170 valence electrons. The monoisotopic (exact) mass is 492 g/mol. The first-order valence-corrected chi connectivity index (χ1v) is 11.5. The molecule has 0 fully saturated rings. The van der Waals surface area contributed by atoms with Gasteiger partial charge in [0, 0.05) is 11.8 Å². The fourth-order valence-electron chi connectivity index (χ4n) is 2.52. The Balaban J connectivity index is 1.78. The third kappa shape index (κ3) is 5.34. The zero-order valence-electron chi connectivity index (χ0n) is 15.7. The molecule has 0 aliphatic heterocycles. The summed E-state index contributed by atoms with van der Waals surface area (Å²) in [6.45, 7) is 0. The molecule has 32 heavy (non-hydrogen) atoms. The number of sulfonamides is 2. The minimum atomic E-state index is -4.63. The molecular formula is C19H13F5N2O4S2. The summed E-state index contributed by atoms with van der Waals surface area (Å²) in [5.74, 6) is -1.87. The fraction of sp³-hybridized carbons (Fsp3) is 0.0526. The van der Waals surface area contributed by atoms with E-state index in [0.717, 1.165) is 48.5 Å². The predicted molar refractivity (Wildman–Crippen MR) is 106 cm³/mol. The van der Waals surface area contributed by atoms with Gasteiger partial charge < -0.3 is 0 Å². The number of halogens is 5. The van der Waals surface area contributed by atoms with Crippen molar-refractivity contribution >= 4 is 31.4 Å². The summed E-state index contributed by atoms with van der Waals surface area (Å²) in [6.07, 6.45) is -4.63. The average Bonchev–Trinajstić information content (AvgIpc) is 2.70. The number of hydrogen-bond donors (Lipinski definition) is 2. The lowest BCUT2D eigenvalue weighted by atomic mass is 10.2. The highest BCUT2D eigenvalue weighted by atomic mass is 32.2. The van der Waals surface area contributed by atoms with Gasteiger partial charge in [0.15, 0.2) is 0 Å². The third-order valence-corrected chi connectivity index (χ3v) is 6.86. The van der Waals surface area contributed by atoms with E-state index in [2.05, 4.69) is 4.72 Å². The molecule has 2 N–H and O–H groups in total. The van der Waals surface area contributed by atoms with Gasteiger partial charge >= 0.3 is 6.18 Å². The Morgan fingerprint density at radius 3 is 1.69 bits per heavy atom. The molecule has 0 unspecified atom stereocenters. The predicted octanol–water partition coefficient (Wildman–Crippen LogP) is 4.59. The molecule has 0 bridgehead atoms. The van der Waals surface area contributed by atoms with Crippen LogP contribution in [-0.4, -0.2) is 16.8 Å². The highest BCUT2D eigenvalue weighted by Gasteiger charge is 2.30. The average molecular weight is 492 g/mol. The van der Waals surface area contributed by atoms with Crippen molar-refractivity contribution in [2.45, 2.75) is 16.0 Å². The second-order valence-electron chi connectivity index (χ2n) is 6.38. The summed E-state index contributed by atoms with van der Waals surface area (Å²) in [4.78, 5) is -0.816. The van der Waals surface area contributed by atoms with Crippen molar-refractivity contribution in [3.8, 4) is 0 Å². The van der Waals surface area contributed by atoms with Crippen molar-refractivity contribution in [3.63, 3.8) is 0 Å². The van der Waals surface area contributed by atoms with Gasteiger partial charge in [-0.3, -0.25) is 9.44 Å². The first kappa shape index (κ1) is 23.5. The lowest BCUT2D eigenvalue weighted by molar-refractivity contribution is -0.137. The van der Waals surface area contributed by atoms with Gasteiger partial charge in [-0.15, -0.1) is 0 Å². The quantitative estimate of drug-likeness (QED) is 0.493. The maximum Gasteiger partial charge on any atom is 0.416 e. The maximum absolute atomic E-state index is 13.7. The van der Waals surface area contributed by atoms with Gasteiger partial charge in [-0.1, -0.05) is 0 Å². The number of rotatable bonds is 6. The first-order valence-electron chi connectivity index (χ1n) is 8.56. The zero-order valence-corrected chi connectivity index (χ0v) is 17.3. The fourth-order valence-corrected chi connectivity index (χ4v) is 4.64. The van der Waals surface area contributed by atoms with Crippen LogP contribution in [-0.2, 0) is 26.2 Å². The van der Waals surface area contributed by atoms with Crippen LogP contribution in [0.2, 0.25) is 0 Å². The normalized spacial score (nSPS) is 12.4. The van der Waals surface area contributed by atoms with Crippen LogP contribution in [0.4, 0.5) is 33.3 Å². The molecule has 3 rings (SSSR count). The van der Waals surface area contributed by atoms with Crippen LogP contribution in [0.5, 0.6) is 0 Å². The summed E-state index contributed by atoms with van der Waals surface area (Å²) in [6, 6.07) is 9.16. The Labute approximate surface area is 179 Å². The van der Waals surface area contributed by atoms with Crippen molar-refractivity contribution in [3.05, 3.63) is 83.9 Å². The van der Waals surface area contributed by atoms with Crippen LogP contribution >= 0.6 is 0 Å². The molecule has 0 atom stereocenters. The number of benzene rings is 3.